The highest BCUT2D eigenvalue weighted by molar-refractivity contribution is 7.85. The number of amides is 1. The molecule has 4 heterocycles. The molecule has 3 fully saturated rings. The van der Waals surface area contributed by atoms with Gasteiger partial charge in [0, 0.05) is 55.9 Å². The van der Waals surface area contributed by atoms with Crippen molar-refractivity contribution in [2.45, 2.75) is 49.0 Å². The second-order valence-corrected chi connectivity index (χ2v) is 12.6. The number of hydrogen-bond donors (Lipinski definition) is 2. The van der Waals surface area contributed by atoms with Gasteiger partial charge in [0.1, 0.15) is 17.3 Å². The van der Waals surface area contributed by atoms with Gasteiger partial charge in [0.15, 0.2) is 0 Å². The van der Waals surface area contributed by atoms with Crippen LogP contribution >= 0.6 is 0 Å². The molecule has 0 spiro atoms. The van der Waals surface area contributed by atoms with E-state index in [1.54, 1.807) is 0 Å². The van der Waals surface area contributed by atoms with Crippen molar-refractivity contribution in [3.63, 3.8) is 0 Å². The number of fused-ring (bicyclic) bond motifs is 3. The van der Waals surface area contributed by atoms with Gasteiger partial charge in [-0.15, -0.1) is 0 Å². The van der Waals surface area contributed by atoms with Crippen LogP contribution in [0.5, 0.6) is 0 Å². The van der Waals surface area contributed by atoms with Crippen molar-refractivity contribution < 1.29 is 13.7 Å². The smallest absolute Gasteiger partial charge is 0.404 e. The second kappa shape index (κ2) is 8.33. The van der Waals surface area contributed by atoms with E-state index in [1.807, 2.05) is 0 Å². The molecule has 0 bridgehead atoms. The first-order valence-corrected chi connectivity index (χ1v) is 14.4. The quantitative estimate of drug-likeness (QED) is 0.611. The summed E-state index contributed by atoms with van der Waals surface area (Å²) in [5.41, 5.74) is 10.1. The Balaban J connectivity index is 1.10. The summed E-state index contributed by atoms with van der Waals surface area (Å²) in [6.07, 6.45) is 5.10. The Morgan fingerprint density at radius 1 is 1.08 bits per heavy atom. The Morgan fingerprint density at radius 3 is 2.47 bits per heavy atom. The van der Waals surface area contributed by atoms with Gasteiger partial charge in [-0.2, -0.15) is 4.98 Å². The lowest BCUT2D eigenvalue weighted by atomic mass is 9.77. The Bertz CT molecular complexity index is 1250. The average Bonchev–Trinajstić information content (AvgIpc) is 3.49. The number of carbonyl (C=O) groups is 1. The highest BCUT2D eigenvalue weighted by Crippen LogP contribution is 2.41. The van der Waals surface area contributed by atoms with Crippen LogP contribution in [0.1, 0.15) is 36.1 Å². The standard InChI is InChI=1S/C26H32N6O3S/c27-24(33)35-15-26(7-1-8-26)30-23-22-21(6-9-36(22)34)28-25(29-23)32-13-18-11-31(12-19(18)14-32)20-5-4-16-2-3-17(16)10-20/h4-5,10,18-19H,1-3,6-9,11-15H2,(H2,27,33)(H,28,29,30)/t18?,19?,36-/m0/s1. The van der Waals surface area contributed by atoms with Gasteiger partial charge in [-0.3, -0.25) is 4.21 Å². The summed E-state index contributed by atoms with van der Waals surface area (Å²) < 4.78 is 18.0. The summed E-state index contributed by atoms with van der Waals surface area (Å²) in [6.45, 7) is 4.18. The second-order valence-electron chi connectivity index (χ2n) is 11.1. The van der Waals surface area contributed by atoms with Crippen LogP contribution < -0.4 is 20.9 Å². The fourth-order valence-corrected chi connectivity index (χ4v) is 7.83. The van der Waals surface area contributed by atoms with Gasteiger partial charge in [-0.1, -0.05) is 6.07 Å². The Labute approximate surface area is 213 Å². The highest BCUT2D eigenvalue weighted by atomic mass is 32.2. The molecule has 0 radical (unpaired) electrons. The van der Waals surface area contributed by atoms with Crippen LogP contribution in [0.2, 0.25) is 0 Å². The molecule has 2 saturated heterocycles. The normalized spacial score (nSPS) is 27.1. The van der Waals surface area contributed by atoms with E-state index in [-0.39, 0.29) is 6.61 Å². The number of benzene rings is 1. The third kappa shape index (κ3) is 3.72. The molecule has 2 aromatic rings. The molecule has 190 valence electrons. The largest absolute Gasteiger partial charge is 0.447 e. The lowest BCUT2D eigenvalue weighted by Crippen LogP contribution is -2.50. The maximum atomic E-state index is 12.8. The van der Waals surface area contributed by atoms with Crippen LogP contribution in [0.25, 0.3) is 0 Å². The Kier molecular flexibility index (Phi) is 5.16. The van der Waals surface area contributed by atoms with Crippen LogP contribution in [0.15, 0.2) is 23.1 Å². The zero-order chi connectivity index (χ0) is 24.4. The fourth-order valence-electron chi connectivity index (χ4n) is 6.53. The molecule has 3 aliphatic heterocycles. The van der Waals surface area contributed by atoms with E-state index < -0.39 is 22.4 Å². The maximum absolute atomic E-state index is 12.8. The van der Waals surface area contributed by atoms with Crippen molar-refractivity contribution >= 4 is 34.3 Å². The Morgan fingerprint density at radius 2 is 1.83 bits per heavy atom. The van der Waals surface area contributed by atoms with Crippen molar-refractivity contribution in [2.75, 3.05) is 53.7 Å². The predicted octanol–water partition coefficient (Wildman–Crippen LogP) is 2.24. The summed E-state index contributed by atoms with van der Waals surface area (Å²) in [5, 5.41) is 3.52. The van der Waals surface area contributed by atoms with Crippen LogP contribution in [-0.2, 0) is 34.8 Å². The third-order valence-corrected chi connectivity index (χ3v) is 10.3. The third-order valence-electron chi connectivity index (χ3n) is 8.85. The molecule has 7 rings (SSSR count). The van der Waals surface area contributed by atoms with Crippen molar-refractivity contribution in [1.29, 1.82) is 0 Å². The molecule has 36 heavy (non-hydrogen) atoms. The van der Waals surface area contributed by atoms with E-state index in [4.69, 9.17) is 20.4 Å². The van der Waals surface area contributed by atoms with E-state index in [9.17, 15) is 9.00 Å². The summed E-state index contributed by atoms with van der Waals surface area (Å²) in [7, 11) is -1.12. The molecule has 1 aromatic carbocycles. The number of hydrogen-bond acceptors (Lipinski definition) is 8. The van der Waals surface area contributed by atoms with E-state index in [0.29, 0.717) is 29.8 Å². The number of rotatable bonds is 6. The lowest BCUT2D eigenvalue weighted by Gasteiger charge is -2.42. The molecule has 2 unspecified atom stereocenters. The number of ether oxygens (including phenoxy) is 1. The first-order valence-electron chi connectivity index (χ1n) is 13.1. The van der Waals surface area contributed by atoms with E-state index in [0.717, 1.165) is 62.0 Å². The van der Waals surface area contributed by atoms with Gasteiger partial charge in [0.2, 0.25) is 5.95 Å². The number of nitrogens with two attached hydrogens (primary N) is 1. The van der Waals surface area contributed by atoms with Gasteiger partial charge in [0.25, 0.3) is 0 Å². The number of anilines is 3. The van der Waals surface area contributed by atoms with Crippen molar-refractivity contribution in [3.8, 4) is 0 Å². The van der Waals surface area contributed by atoms with Gasteiger partial charge in [-0.05, 0) is 55.4 Å². The molecule has 1 saturated carbocycles. The molecule has 3 N–H and O–H groups in total. The highest BCUT2D eigenvalue weighted by Gasteiger charge is 2.43. The lowest BCUT2D eigenvalue weighted by molar-refractivity contribution is 0.101. The van der Waals surface area contributed by atoms with Crippen molar-refractivity contribution in [3.05, 3.63) is 35.0 Å². The fraction of sp³-hybridized carbons (Fsp3) is 0.577. The first-order chi connectivity index (χ1) is 17.5. The molecular formula is C26H32N6O3S. The molecule has 1 amide bonds. The van der Waals surface area contributed by atoms with Crippen LogP contribution in [0, 0.1) is 11.8 Å². The summed E-state index contributed by atoms with van der Waals surface area (Å²) in [4.78, 5) is 26.6. The van der Waals surface area contributed by atoms with Crippen molar-refractivity contribution in [1.82, 2.24) is 9.97 Å². The van der Waals surface area contributed by atoms with Gasteiger partial charge >= 0.3 is 6.09 Å². The van der Waals surface area contributed by atoms with Gasteiger partial charge < -0.3 is 25.6 Å². The zero-order valence-corrected chi connectivity index (χ0v) is 21.2. The number of nitrogens with one attached hydrogen (secondary N) is 1. The maximum Gasteiger partial charge on any atom is 0.404 e. The van der Waals surface area contributed by atoms with Crippen molar-refractivity contribution in [2.24, 2.45) is 17.6 Å². The number of aryl methyl sites for hydroxylation is 3. The molecule has 10 heteroatoms. The van der Waals surface area contributed by atoms with Gasteiger partial charge in [0.05, 0.1) is 22.0 Å². The number of aromatic nitrogens is 2. The molecule has 9 nitrogen and oxygen atoms in total. The molecular weight excluding hydrogens is 476 g/mol. The summed E-state index contributed by atoms with van der Waals surface area (Å²) in [6, 6.07) is 6.98. The minimum absolute atomic E-state index is 0.190. The molecule has 3 atom stereocenters. The SMILES string of the molecule is NC(=O)OCC1(Nc2nc(N3CC4CN(c5ccc6c(c5)CC6)CC4C3)nc3c2[S@@](=O)CC3)CCC1. The predicted molar refractivity (Wildman–Crippen MR) is 138 cm³/mol. The molecule has 5 aliphatic rings. The Hall–Kier alpha value is -2.88. The van der Waals surface area contributed by atoms with Crippen LogP contribution in [-0.4, -0.2) is 64.3 Å². The number of nitrogens with zero attached hydrogens (tertiary/aromatic N) is 4. The first kappa shape index (κ1) is 22.3. The van der Waals surface area contributed by atoms with E-state index in [1.165, 1.54) is 29.7 Å². The number of carbonyl (C=O) groups excluding carboxylic acids is 1. The van der Waals surface area contributed by atoms with Crippen LogP contribution in [0.3, 0.4) is 0 Å². The zero-order valence-electron chi connectivity index (χ0n) is 20.4. The van der Waals surface area contributed by atoms with E-state index >= 15 is 0 Å². The number of primary amides is 1. The average molecular weight is 509 g/mol. The van der Waals surface area contributed by atoms with Gasteiger partial charge in [-0.25, -0.2) is 9.78 Å². The molecule has 2 aliphatic carbocycles. The van der Waals surface area contributed by atoms with E-state index in [2.05, 4.69) is 33.3 Å². The molecule has 1 aromatic heterocycles. The van der Waals surface area contributed by atoms with Crippen LogP contribution in [0.4, 0.5) is 22.2 Å². The topological polar surface area (TPSA) is 114 Å². The summed E-state index contributed by atoms with van der Waals surface area (Å²) in [5.74, 6) is 3.11. The minimum Gasteiger partial charge on any atom is -0.447 e. The monoisotopic (exact) mass is 508 g/mol. The minimum atomic E-state index is -1.12. The summed E-state index contributed by atoms with van der Waals surface area (Å²) >= 11 is 0.